The van der Waals surface area contributed by atoms with Crippen molar-refractivity contribution in [3.63, 3.8) is 0 Å². The predicted octanol–water partition coefficient (Wildman–Crippen LogP) is 2.08. The molecule has 0 aromatic carbocycles. The number of allylic oxidation sites excluding steroid dienone is 2. The summed E-state index contributed by atoms with van der Waals surface area (Å²) in [7, 11) is 0. The van der Waals surface area contributed by atoms with Crippen LogP contribution < -0.4 is 5.32 Å². The monoisotopic (exact) mass is 224 g/mol. The van der Waals surface area contributed by atoms with Gasteiger partial charge in [-0.25, -0.2) is 0 Å². The first-order chi connectivity index (χ1) is 8.36. The van der Waals surface area contributed by atoms with Gasteiger partial charge in [0.05, 0.1) is 0 Å². The highest BCUT2D eigenvalue weighted by molar-refractivity contribution is 5.67. The molecule has 1 saturated heterocycles. The average Bonchev–Trinajstić information content (AvgIpc) is 2.86. The van der Waals surface area contributed by atoms with Gasteiger partial charge in [-0.05, 0) is 55.0 Å². The summed E-state index contributed by atoms with van der Waals surface area (Å²) in [6.45, 7) is 2.33. The third-order valence-corrected chi connectivity index (χ3v) is 3.90. The highest BCUT2D eigenvalue weighted by Gasteiger charge is 2.30. The normalized spacial score (nSPS) is 27.1. The van der Waals surface area contributed by atoms with Crippen LogP contribution in [0.3, 0.4) is 0 Å². The second-order valence-corrected chi connectivity index (χ2v) is 4.95. The van der Waals surface area contributed by atoms with Crippen molar-refractivity contribution in [1.82, 2.24) is 10.3 Å². The summed E-state index contributed by atoms with van der Waals surface area (Å²) in [5.74, 6) is 4.28. The van der Waals surface area contributed by atoms with Crippen molar-refractivity contribution in [2.75, 3.05) is 13.1 Å². The van der Waals surface area contributed by atoms with Gasteiger partial charge in [0.25, 0.3) is 0 Å². The molecule has 2 nitrogen and oxygen atoms in total. The average molecular weight is 224 g/mol. The Kier molecular flexibility index (Phi) is 2.70. The van der Waals surface area contributed by atoms with Crippen LogP contribution in [0, 0.1) is 24.2 Å². The van der Waals surface area contributed by atoms with E-state index in [9.17, 15) is 0 Å². The number of aromatic nitrogens is 1. The maximum absolute atomic E-state index is 5.41. The van der Waals surface area contributed by atoms with Crippen molar-refractivity contribution in [2.24, 2.45) is 11.8 Å². The molecule has 0 saturated carbocycles. The largest absolute Gasteiger partial charge is 0.316 e. The van der Waals surface area contributed by atoms with Gasteiger partial charge in [-0.3, -0.25) is 4.98 Å². The number of terminal acetylenes is 1. The van der Waals surface area contributed by atoms with Crippen molar-refractivity contribution in [3.05, 3.63) is 35.7 Å². The Hall–Kier alpha value is -1.59. The molecule has 2 aliphatic rings. The quantitative estimate of drug-likeness (QED) is 0.739. The lowest BCUT2D eigenvalue weighted by Crippen LogP contribution is -2.16. The molecule has 0 amide bonds. The zero-order chi connectivity index (χ0) is 11.7. The third-order valence-electron chi connectivity index (χ3n) is 3.90. The third kappa shape index (κ3) is 1.99. The molecule has 1 aromatic rings. The lowest BCUT2D eigenvalue weighted by atomic mass is 9.80. The Labute approximate surface area is 102 Å². The van der Waals surface area contributed by atoms with Crippen LogP contribution in [0.5, 0.6) is 0 Å². The Balaban J connectivity index is 1.87. The Morgan fingerprint density at radius 1 is 1.29 bits per heavy atom. The second kappa shape index (κ2) is 4.35. The van der Waals surface area contributed by atoms with Gasteiger partial charge in [-0.1, -0.05) is 12.0 Å². The Morgan fingerprint density at radius 2 is 2.18 bits per heavy atom. The van der Waals surface area contributed by atoms with Gasteiger partial charge in [-0.15, -0.1) is 6.42 Å². The summed E-state index contributed by atoms with van der Waals surface area (Å²) in [6, 6.07) is 2.07. The van der Waals surface area contributed by atoms with Gasteiger partial charge >= 0.3 is 0 Å². The fourth-order valence-electron chi connectivity index (χ4n) is 2.89. The molecule has 86 valence electrons. The van der Waals surface area contributed by atoms with E-state index in [2.05, 4.69) is 28.4 Å². The minimum Gasteiger partial charge on any atom is -0.316 e. The van der Waals surface area contributed by atoms with Crippen molar-refractivity contribution in [1.29, 1.82) is 0 Å². The van der Waals surface area contributed by atoms with Crippen molar-refractivity contribution in [3.8, 4) is 12.3 Å². The number of pyridine rings is 1. The van der Waals surface area contributed by atoms with Crippen LogP contribution in [0.15, 0.2) is 24.5 Å². The molecule has 0 spiro atoms. The molecule has 2 heterocycles. The zero-order valence-electron chi connectivity index (χ0n) is 9.82. The summed E-state index contributed by atoms with van der Waals surface area (Å²) < 4.78 is 0. The molecular weight excluding hydrogens is 208 g/mol. The lowest BCUT2D eigenvalue weighted by Gasteiger charge is -2.24. The van der Waals surface area contributed by atoms with Crippen LogP contribution in [0.4, 0.5) is 0 Å². The smallest absolute Gasteiger partial charge is 0.0432 e. The first-order valence-corrected chi connectivity index (χ1v) is 6.18. The first kappa shape index (κ1) is 10.6. The molecule has 2 atom stereocenters. The van der Waals surface area contributed by atoms with E-state index < -0.39 is 0 Å². The highest BCUT2D eigenvalue weighted by atomic mass is 14.9. The lowest BCUT2D eigenvalue weighted by molar-refractivity contribution is 0.418. The molecule has 2 unspecified atom stereocenters. The fourth-order valence-corrected chi connectivity index (χ4v) is 2.89. The van der Waals surface area contributed by atoms with E-state index in [1.165, 1.54) is 24.1 Å². The number of nitrogens with zero attached hydrogens (tertiary/aromatic N) is 1. The van der Waals surface area contributed by atoms with Gasteiger partial charge in [0.1, 0.15) is 0 Å². The van der Waals surface area contributed by atoms with Crippen LogP contribution in [-0.4, -0.2) is 18.1 Å². The SMILES string of the molecule is C#Cc1cncc(C2=CCC3CNCC3C2)c1. The van der Waals surface area contributed by atoms with Crippen LogP contribution in [0.25, 0.3) is 5.57 Å². The van der Waals surface area contributed by atoms with E-state index >= 15 is 0 Å². The summed E-state index contributed by atoms with van der Waals surface area (Å²) in [6.07, 6.45) is 13.8. The minimum atomic E-state index is 0.796. The maximum atomic E-state index is 5.41. The molecule has 0 radical (unpaired) electrons. The molecule has 0 bridgehead atoms. The van der Waals surface area contributed by atoms with E-state index in [4.69, 9.17) is 6.42 Å². The number of hydrogen-bond donors (Lipinski definition) is 1. The minimum absolute atomic E-state index is 0.796. The number of fused-ring (bicyclic) bond motifs is 1. The maximum Gasteiger partial charge on any atom is 0.0432 e. The van der Waals surface area contributed by atoms with Gasteiger partial charge in [0.15, 0.2) is 0 Å². The van der Waals surface area contributed by atoms with Crippen molar-refractivity contribution in [2.45, 2.75) is 12.8 Å². The summed E-state index contributed by atoms with van der Waals surface area (Å²) in [5.41, 5.74) is 3.49. The molecular formula is C15H16N2. The van der Waals surface area contributed by atoms with E-state index in [1.807, 2.05) is 6.20 Å². The van der Waals surface area contributed by atoms with Gasteiger partial charge in [0, 0.05) is 18.0 Å². The summed E-state index contributed by atoms with van der Waals surface area (Å²) >= 11 is 0. The molecule has 1 aliphatic heterocycles. The fraction of sp³-hybridized carbons (Fsp3) is 0.400. The van der Waals surface area contributed by atoms with E-state index in [0.717, 1.165) is 30.4 Å². The topological polar surface area (TPSA) is 24.9 Å². The first-order valence-electron chi connectivity index (χ1n) is 6.18. The van der Waals surface area contributed by atoms with E-state index in [-0.39, 0.29) is 0 Å². The number of nitrogens with one attached hydrogen (secondary N) is 1. The molecule has 1 fully saturated rings. The van der Waals surface area contributed by atoms with Gasteiger partial charge < -0.3 is 5.32 Å². The number of hydrogen-bond acceptors (Lipinski definition) is 2. The highest BCUT2D eigenvalue weighted by Crippen LogP contribution is 2.36. The van der Waals surface area contributed by atoms with Crippen LogP contribution in [0.2, 0.25) is 0 Å². The van der Waals surface area contributed by atoms with Crippen LogP contribution in [0.1, 0.15) is 24.0 Å². The molecule has 1 aromatic heterocycles. The molecule has 17 heavy (non-hydrogen) atoms. The molecule has 1 N–H and O–H groups in total. The number of rotatable bonds is 1. The van der Waals surface area contributed by atoms with Crippen LogP contribution in [-0.2, 0) is 0 Å². The van der Waals surface area contributed by atoms with Crippen molar-refractivity contribution >= 4 is 5.57 Å². The molecule has 3 rings (SSSR count). The van der Waals surface area contributed by atoms with Gasteiger partial charge in [-0.2, -0.15) is 0 Å². The Morgan fingerprint density at radius 3 is 3.06 bits per heavy atom. The Bertz CT molecular complexity index is 496. The summed E-state index contributed by atoms with van der Waals surface area (Å²) in [4.78, 5) is 4.22. The van der Waals surface area contributed by atoms with Crippen molar-refractivity contribution < 1.29 is 0 Å². The predicted molar refractivity (Wildman–Crippen MR) is 69.2 cm³/mol. The summed E-state index contributed by atoms with van der Waals surface area (Å²) in [5, 5.41) is 3.48. The van der Waals surface area contributed by atoms with Crippen LogP contribution >= 0.6 is 0 Å². The zero-order valence-corrected chi connectivity index (χ0v) is 9.82. The van der Waals surface area contributed by atoms with Gasteiger partial charge in [0.2, 0.25) is 0 Å². The standard InChI is InChI=1S/C15H16N2/c1-2-11-5-14(9-16-7-11)12-3-4-13-8-17-10-15(13)6-12/h1,3,5,7,9,13,15,17H,4,6,8,10H2. The molecule has 1 aliphatic carbocycles. The molecule has 2 heteroatoms. The van der Waals surface area contributed by atoms with E-state index in [0.29, 0.717) is 0 Å². The van der Waals surface area contributed by atoms with E-state index in [1.54, 1.807) is 6.20 Å². The second-order valence-electron chi connectivity index (χ2n) is 4.95.